The molecule has 1 heterocycles. The molecule has 0 saturated heterocycles. The minimum Gasteiger partial charge on any atom is -0.392 e. The first-order chi connectivity index (χ1) is 8.70. The number of carbonyl (C=O) groups is 1. The Morgan fingerprint density at radius 2 is 1.83 bits per heavy atom. The first-order valence-electron chi connectivity index (χ1n) is 5.63. The fourth-order valence-corrected chi connectivity index (χ4v) is 1.76. The molecule has 0 radical (unpaired) electrons. The Hall–Kier alpha value is -2.20. The molecule has 0 aliphatic carbocycles. The van der Waals surface area contributed by atoms with E-state index in [-0.39, 0.29) is 6.61 Å². The van der Waals surface area contributed by atoms with E-state index in [1.165, 1.54) is 0 Å². The van der Waals surface area contributed by atoms with E-state index in [4.69, 9.17) is 10.8 Å². The molecule has 92 valence electrons. The predicted molar refractivity (Wildman–Crippen MR) is 67.9 cm³/mol. The van der Waals surface area contributed by atoms with Gasteiger partial charge in [-0.3, -0.25) is 9.78 Å². The number of benzene rings is 1. The molecule has 1 aromatic heterocycles. The minimum atomic E-state index is -0.468. The summed E-state index contributed by atoms with van der Waals surface area (Å²) in [7, 11) is 0. The molecule has 3 N–H and O–H groups in total. The van der Waals surface area contributed by atoms with E-state index in [1.807, 2.05) is 24.3 Å². The van der Waals surface area contributed by atoms with Gasteiger partial charge >= 0.3 is 0 Å². The number of aliphatic hydroxyl groups excluding tert-OH is 1. The lowest BCUT2D eigenvalue weighted by atomic mass is 10.0. The Balaban J connectivity index is 2.25. The molecule has 0 saturated carbocycles. The van der Waals surface area contributed by atoms with Crippen LogP contribution in [0.15, 0.2) is 42.6 Å². The van der Waals surface area contributed by atoms with Crippen LogP contribution in [-0.2, 0) is 13.0 Å². The molecular formula is C14H14N2O2. The summed E-state index contributed by atoms with van der Waals surface area (Å²) in [5.74, 6) is -0.468. The van der Waals surface area contributed by atoms with Gasteiger partial charge < -0.3 is 10.8 Å². The lowest BCUT2D eigenvalue weighted by Crippen LogP contribution is -2.14. The van der Waals surface area contributed by atoms with Gasteiger partial charge in [0.25, 0.3) is 5.91 Å². The number of carbonyl (C=O) groups excluding carboxylic acids is 1. The van der Waals surface area contributed by atoms with Crippen molar-refractivity contribution in [3.05, 3.63) is 65.0 Å². The Labute approximate surface area is 105 Å². The van der Waals surface area contributed by atoms with E-state index >= 15 is 0 Å². The van der Waals surface area contributed by atoms with Gasteiger partial charge in [0.1, 0.15) is 0 Å². The van der Waals surface area contributed by atoms with Crippen molar-refractivity contribution in [2.75, 3.05) is 0 Å². The molecule has 0 aliphatic heterocycles. The summed E-state index contributed by atoms with van der Waals surface area (Å²) < 4.78 is 0. The van der Waals surface area contributed by atoms with Crippen LogP contribution in [0, 0.1) is 0 Å². The first kappa shape index (κ1) is 12.3. The molecule has 4 nitrogen and oxygen atoms in total. The number of primary amides is 1. The second kappa shape index (κ2) is 5.42. The molecule has 0 aliphatic rings. The van der Waals surface area contributed by atoms with Crippen LogP contribution in [0.1, 0.15) is 27.2 Å². The van der Waals surface area contributed by atoms with E-state index in [1.54, 1.807) is 18.3 Å². The normalized spacial score (nSPS) is 10.3. The van der Waals surface area contributed by atoms with Crippen molar-refractivity contribution in [2.45, 2.75) is 13.0 Å². The van der Waals surface area contributed by atoms with E-state index in [0.29, 0.717) is 17.7 Å². The number of aliphatic hydroxyl groups is 1. The lowest BCUT2D eigenvalue weighted by Gasteiger charge is -2.06. The molecule has 0 bridgehead atoms. The molecule has 0 spiro atoms. The maximum atomic E-state index is 11.3. The highest BCUT2D eigenvalue weighted by molar-refractivity contribution is 5.93. The molecule has 4 heteroatoms. The standard InChI is InChI=1S/C14H14N2O2/c15-14(18)12-2-1-7-16-13(12)8-10-3-5-11(9-17)6-4-10/h1-7,17H,8-9H2,(H2,15,18). The van der Waals surface area contributed by atoms with Crippen LogP contribution >= 0.6 is 0 Å². The zero-order valence-electron chi connectivity index (χ0n) is 9.84. The molecule has 18 heavy (non-hydrogen) atoms. The maximum Gasteiger partial charge on any atom is 0.250 e. The van der Waals surface area contributed by atoms with Gasteiger partial charge in [-0.1, -0.05) is 24.3 Å². The summed E-state index contributed by atoms with van der Waals surface area (Å²) in [6, 6.07) is 10.9. The van der Waals surface area contributed by atoms with Gasteiger partial charge in [-0.05, 0) is 23.3 Å². The van der Waals surface area contributed by atoms with Crippen molar-refractivity contribution in [1.82, 2.24) is 4.98 Å². The van der Waals surface area contributed by atoms with Crippen molar-refractivity contribution in [3.8, 4) is 0 Å². The van der Waals surface area contributed by atoms with Crippen molar-refractivity contribution < 1.29 is 9.90 Å². The minimum absolute atomic E-state index is 0.0242. The molecule has 0 atom stereocenters. The van der Waals surface area contributed by atoms with E-state index in [0.717, 1.165) is 11.1 Å². The largest absolute Gasteiger partial charge is 0.392 e. The number of hydrogen-bond donors (Lipinski definition) is 2. The van der Waals surface area contributed by atoms with Crippen LogP contribution in [0.3, 0.4) is 0 Å². The van der Waals surface area contributed by atoms with E-state index in [2.05, 4.69) is 4.98 Å². The van der Waals surface area contributed by atoms with Crippen LogP contribution < -0.4 is 5.73 Å². The van der Waals surface area contributed by atoms with Gasteiger partial charge in [0, 0.05) is 12.6 Å². The average Bonchev–Trinajstić information content (AvgIpc) is 2.40. The molecule has 0 unspecified atom stereocenters. The number of nitrogens with two attached hydrogens (primary N) is 1. The third-order valence-electron chi connectivity index (χ3n) is 2.73. The van der Waals surface area contributed by atoms with Crippen LogP contribution in [0.4, 0.5) is 0 Å². The third kappa shape index (κ3) is 2.73. The van der Waals surface area contributed by atoms with Crippen molar-refractivity contribution in [3.63, 3.8) is 0 Å². The van der Waals surface area contributed by atoms with Crippen LogP contribution in [-0.4, -0.2) is 16.0 Å². The summed E-state index contributed by atoms with van der Waals surface area (Å²) in [5.41, 5.74) is 8.30. The molecule has 2 aromatic rings. The number of aromatic nitrogens is 1. The topological polar surface area (TPSA) is 76.2 Å². The summed E-state index contributed by atoms with van der Waals surface area (Å²) in [6.07, 6.45) is 2.19. The van der Waals surface area contributed by atoms with Gasteiger partial charge in [0.2, 0.25) is 0 Å². The van der Waals surface area contributed by atoms with Gasteiger partial charge in [-0.15, -0.1) is 0 Å². The SMILES string of the molecule is NC(=O)c1cccnc1Cc1ccc(CO)cc1. The zero-order chi connectivity index (χ0) is 13.0. The fourth-order valence-electron chi connectivity index (χ4n) is 1.76. The van der Waals surface area contributed by atoms with Crippen LogP contribution in [0.5, 0.6) is 0 Å². The van der Waals surface area contributed by atoms with Crippen molar-refractivity contribution in [1.29, 1.82) is 0 Å². The second-order valence-electron chi connectivity index (χ2n) is 4.01. The predicted octanol–water partition coefficient (Wildman–Crippen LogP) is 1.26. The molecule has 1 aromatic carbocycles. The van der Waals surface area contributed by atoms with Gasteiger partial charge in [0.05, 0.1) is 17.9 Å². The summed E-state index contributed by atoms with van der Waals surface area (Å²) in [4.78, 5) is 15.4. The highest BCUT2D eigenvalue weighted by atomic mass is 16.3. The number of pyridine rings is 1. The van der Waals surface area contributed by atoms with Gasteiger partial charge in [0.15, 0.2) is 0 Å². The van der Waals surface area contributed by atoms with Crippen LogP contribution in [0.2, 0.25) is 0 Å². The van der Waals surface area contributed by atoms with E-state index in [9.17, 15) is 4.79 Å². The summed E-state index contributed by atoms with van der Waals surface area (Å²) in [5, 5.41) is 8.96. The lowest BCUT2D eigenvalue weighted by molar-refractivity contribution is 0.0999. The Bertz CT molecular complexity index is 550. The molecule has 2 rings (SSSR count). The number of nitrogens with zero attached hydrogens (tertiary/aromatic N) is 1. The smallest absolute Gasteiger partial charge is 0.250 e. The average molecular weight is 242 g/mol. The summed E-state index contributed by atoms with van der Waals surface area (Å²) in [6.45, 7) is 0.0242. The maximum absolute atomic E-state index is 11.3. The second-order valence-corrected chi connectivity index (χ2v) is 4.01. The Morgan fingerprint density at radius 3 is 2.44 bits per heavy atom. The highest BCUT2D eigenvalue weighted by Crippen LogP contribution is 2.12. The van der Waals surface area contributed by atoms with Crippen molar-refractivity contribution in [2.24, 2.45) is 5.73 Å². The summed E-state index contributed by atoms with van der Waals surface area (Å²) >= 11 is 0. The monoisotopic (exact) mass is 242 g/mol. The van der Waals surface area contributed by atoms with Gasteiger partial charge in [-0.25, -0.2) is 0 Å². The van der Waals surface area contributed by atoms with Crippen LogP contribution in [0.25, 0.3) is 0 Å². The van der Waals surface area contributed by atoms with Crippen molar-refractivity contribution >= 4 is 5.91 Å². The quantitative estimate of drug-likeness (QED) is 0.847. The Morgan fingerprint density at radius 1 is 1.17 bits per heavy atom. The molecular weight excluding hydrogens is 228 g/mol. The first-order valence-corrected chi connectivity index (χ1v) is 5.63. The Kier molecular flexibility index (Phi) is 3.69. The highest BCUT2D eigenvalue weighted by Gasteiger charge is 2.09. The number of amides is 1. The van der Waals surface area contributed by atoms with Gasteiger partial charge in [-0.2, -0.15) is 0 Å². The third-order valence-corrected chi connectivity index (χ3v) is 2.73. The molecule has 0 fully saturated rings. The number of hydrogen-bond acceptors (Lipinski definition) is 3. The van der Waals surface area contributed by atoms with E-state index < -0.39 is 5.91 Å². The fraction of sp³-hybridized carbons (Fsp3) is 0.143. The molecule has 1 amide bonds. The zero-order valence-corrected chi connectivity index (χ0v) is 9.84. The number of rotatable bonds is 4.